The number of carbonyl (C=O) groups excluding carboxylic acids is 1. The smallest absolute Gasteiger partial charge is 0.233 e. The summed E-state index contributed by atoms with van der Waals surface area (Å²) in [6.45, 7) is 0.0941. The summed E-state index contributed by atoms with van der Waals surface area (Å²) in [5, 5.41) is 0. The predicted molar refractivity (Wildman–Crippen MR) is 58.7 cm³/mol. The summed E-state index contributed by atoms with van der Waals surface area (Å²) >= 11 is 0. The van der Waals surface area contributed by atoms with E-state index in [4.69, 9.17) is 20.6 Å². The molecule has 0 saturated carbocycles. The maximum absolute atomic E-state index is 10.6. The Morgan fingerprint density at radius 2 is 1.81 bits per heavy atom. The maximum atomic E-state index is 10.6. The van der Waals surface area contributed by atoms with Crippen LogP contribution in [-0.4, -0.2) is 27.1 Å². The monoisotopic (exact) mass is 219 g/mol. The molecule has 0 bridgehead atoms. The fraction of sp³-hybridized carbons (Fsp3) is 0.250. The molecule has 4 heteroatoms. The standard InChI is InChI=1S/C12H11O4/c1-4-5-16-12-10(14-2)6-9(8-13)7-11(12)15-3/h1,6-7H,5H2,2-3H3. The molecule has 0 aliphatic heterocycles. The number of terminal acetylenes is 1. The van der Waals surface area contributed by atoms with Crippen LogP contribution in [0.25, 0.3) is 0 Å². The van der Waals surface area contributed by atoms with Crippen molar-refractivity contribution in [2.24, 2.45) is 0 Å². The topological polar surface area (TPSA) is 44.8 Å². The third-order valence-electron chi connectivity index (χ3n) is 1.88. The maximum Gasteiger partial charge on any atom is 0.233 e. The Morgan fingerprint density at radius 1 is 1.25 bits per heavy atom. The summed E-state index contributed by atoms with van der Waals surface area (Å²) < 4.78 is 15.4. The van der Waals surface area contributed by atoms with Crippen LogP contribution in [0.4, 0.5) is 0 Å². The van der Waals surface area contributed by atoms with Crippen molar-refractivity contribution in [3.05, 3.63) is 17.7 Å². The molecule has 1 aromatic carbocycles. The van der Waals surface area contributed by atoms with Crippen LogP contribution >= 0.6 is 0 Å². The van der Waals surface area contributed by atoms with E-state index < -0.39 is 0 Å². The van der Waals surface area contributed by atoms with E-state index >= 15 is 0 Å². The van der Waals surface area contributed by atoms with Crippen molar-refractivity contribution < 1.29 is 19.0 Å². The first kappa shape index (κ1) is 11.9. The Balaban J connectivity index is 3.20. The highest BCUT2D eigenvalue weighted by molar-refractivity contribution is 5.78. The van der Waals surface area contributed by atoms with E-state index in [-0.39, 0.29) is 6.61 Å². The van der Waals surface area contributed by atoms with Crippen LogP contribution in [0.15, 0.2) is 12.1 Å². The molecule has 16 heavy (non-hydrogen) atoms. The number of ether oxygens (including phenoxy) is 3. The van der Waals surface area contributed by atoms with Crippen LogP contribution in [0.2, 0.25) is 0 Å². The molecule has 0 saturated heterocycles. The minimum absolute atomic E-state index is 0.0941. The fourth-order valence-electron chi connectivity index (χ4n) is 1.19. The van der Waals surface area contributed by atoms with Crippen LogP contribution < -0.4 is 14.2 Å². The van der Waals surface area contributed by atoms with Gasteiger partial charge in [0, 0.05) is 5.56 Å². The minimum atomic E-state index is 0.0941. The van der Waals surface area contributed by atoms with Gasteiger partial charge in [-0.25, -0.2) is 0 Å². The lowest BCUT2D eigenvalue weighted by atomic mass is 10.2. The first-order valence-electron chi connectivity index (χ1n) is 4.47. The van der Waals surface area contributed by atoms with Gasteiger partial charge in [0.05, 0.1) is 14.2 Å². The molecule has 1 rings (SSSR count). The average molecular weight is 219 g/mol. The van der Waals surface area contributed by atoms with Gasteiger partial charge in [0.1, 0.15) is 6.61 Å². The van der Waals surface area contributed by atoms with Gasteiger partial charge >= 0.3 is 0 Å². The van der Waals surface area contributed by atoms with Gasteiger partial charge in [-0.15, -0.1) is 6.42 Å². The van der Waals surface area contributed by atoms with E-state index in [2.05, 4.69) is 5.92 Å². The normalized spacial score (nSPS) is 9.06. The number of hydrogen-bond acceptors (Lipinski definition) is 4. The molecular formula is C12H11O4. The Kier molecular flexibility index (Phi) is 4.22. The number of methoxy groups -OCH3 is 2. The van der Waals surface area contributed by atoms with Crippen LogP contribution in [0.5, 0.6) is 17.2 Å². The van der Waals surface area contributed by atoms with Crippen molar-refractivity contribution >= 4 is 6.29 Å². The van der Waals surface area contributed by atoms with Gasteiger partial charge in [0.15, 0.2) is 11.5 Å². The lowest BCUT2D eigenvalue weighted by Gasteiger charge is -2.13. The SMILES string of the molecule is C#CCOc1c(OC)cc([C]=O)cc1OC. The summed E-state index contributed by atoms with van der Waals surface area (Å²) in [6, 6.07) is 3.00. The summed E-state index contributed by atoms with van der Waals surface area (Å²) in [5.41, 5.74) is 0.321. The van der Waals surface area contributed by atoms with Gasteiger partial charge < -0.3 is 14.2 Å². The van der Waals surface area contributed by atoms with Crippen LogP contribution in [0.1, 0.15) is 5.56 Å². The Bertz CT molecular complexity index is 393. The molecule has 0 atom stereocenters. The highest BCUT2D eigenvalue weighted by Gasteiger charge is 2.13. The fourth-order valence-corrected chi connectivity index (χ4v) is 1.19. The zero-order valence-corrected chi connectivity index (χ0v) is 9.07. The third-order valence-corrected chi connectivity index (χ3v) is 1.88. The second kappa shape index (κ2) is 5.66. The largest absolute Gasteiger partial charge is 0.493 e. The predicted octanol–water partition coefficient (Wildman–Crippen LogP) is 1.17. The molecule has 1 radical (unpaired) electrons. The van der Waals surface area contributed by atoms with Crippen LogP contribution in [0, 0.1) is 12.3 Å². The van der Waals surface area contributed by atoms with Gasteiger partial charge in [0.2, 0.25) is 12.0 Å². The van der Waals surface area contributed by atoms with Crippen molar-refractivity contribution in [3.8, 4) is 29.6 Å². The molecule has 0 aromatic heterocycles. The van der Waals surface area contributed by atoms with E-state index in [0.717, 1.165) is 0 Å². The van der Waals surface area contributed by atoms with Crippen molar-refractivity contribution in [2.75, 3.05) is 20.8 Å². The Morgan fingerprint density at radius 3 is 2.19 bits per heavy atom. The second-order valence-electron chi connectivity index (χ2n) is 2.80. The first-order chi connectivity index (χ1) is 7.76. The van der Waals surface area contributed by atoms with Gasteiger partial charge in [0.25, 0.3) is 0 Å². The van der Waals surface area contributed by atoms with E-state index in [1.807, 2.05) is 0 Å². The molecule has 1 aromatic rings. The zero-order valence-electron chi connectivity index (χ0n) is 9.07. The van der Waals surface area contributed by atoms with Crippen molar-refractivity contribution in [1.82, 2.24) is 0 Å². The molecule has 0 spiro atoms. The summed E-state index contributed by atoms with van der Waals surface area (Å²) in [7, 11) is 2.93. The van der Waals surface area contributed by atoms with E-state index in [9.17, 15) is 4.79 Å². The van der Waals surface area contributed by atoms with Crippen molar-refractivity contribution in [2.45, 2.75) is 0 Å². The Hall–Kier alpha value is -2.15. The number of rotatable bonds is 5. The molecule has 0 heterocycles. The lowest BCUT2D eigenvalue weighted by Crippen LogP contribution is -2.00. The van der Waals surface area contributed by atoms with E-state index in [0.29, 0.717) is 22.8 Å². The van der Waals surface area contributed by atoms with Gasteiger partial charge in [-0.3, -0.25) is 4.79 Å². The highest BCUT2D eigenvalue weighted by atomic mass is 16.5. The molecule has 4 nitrogen and oxygen atoms in total. The molecule has 0 unspecified atom stereocenters. The molecular weight excluding hydrogens is 208 g/mol. The average Bonchev–Trinajstić information content (AvgIpc) is 2.35. The first-order valence-corrected chi connectivity index (χ1v) is 4.47. The summed E-state index contributed by atoms with van der Waals surface area (Å²) in [5.74, 6) is 3.48. The Labute approximate surface area is 94.1 Å². The number of hydrogen-bond donors (Lipinski definition) is 0. The molecule has 0 amide bonds. The third kappa shape index (κ3) is 2.45. The van der Waals surface area contributed by atoms with E-state index in [1.165, 1.54) is 26.4 Å². The molecule has 0 N–H and O–H groups in total. The minimum Gasteiger partial charge on any atom is -0.493 e. The quantitative estimate of drug-likeness (QED) is 0.697. The number of benzene rings is 1. The van der Waals surface area contributed by atoms with Gasteiger partial charge in [-0.05, 0) is 12.1 Å². The molecule has 0 fully saturated rings. The van der Waals surface area contributed by atoms with Crippen LogP contribution in [0.3, 0.4) is 0 Å². The highest BCUT2D eigenvalue weighted by Crippen LogP contribution is 2.38. The molecule has 0 aliphatic carbocycles. The zero-order chi connectivity index (χ0) is 12.0. The molecule has 83 valence electrons. The van der Waals surface area contributed by atoms with Crippen LogP contribution in [-0.2, 0) is 4.79 Å². The second-order valence-corrected chi connectivity index (χ2v) is 2.80. The summed E-state index contributed by atoms with van der Waals surface area (Å²) in [4.78, 5) is 10.6. The van der Waals surface area contributed by atoms with Crippen molar-refractivity contribution in [3.63, 3.8) is 0 Å². The van der Waals surface area contributed by atoms with Crippen molar-refractivity contribution in [1.29, 1.82) is 0 Å². The lowest BCUT2D eigenvalue weighted by molar-refractivity contribution is 0.304. The van der Waals surface area contributed by atoms with Gasteiger partial charge in [-0.2, -0.15) is 0 Å². The summed E-state index contributed by atoms with van der Waals surface area (Å²) in [6.07, 6.45) is 6.85. The van der Waals surface area contributed by atoms with E-state index in [1.54, 1.807) is 6.29 Å². The molecule has 0 aliphatic rings. The van der Waals surface area contributed by atoms with Gasteiger partial charge in [-0.1, -0.05) is 5.92 Å².